The normalized spacial score (nSPS) is 20.1. The van der Waals surface area contributed by atoms with Gasteiger partial charge in [0.1, 0.15) is 7.60 Å². The van der Waals surface area contributed by atoms with E-state index in [1.807, 2.05) is 0 Å². The summed E-state index contributed by atoms with van der Waals surface area (Å²) in [5.74, 6) is 0.185. The summed E-state index contributed by atoms with van der Waals surface area (Å²) in [6.45, 7) is 1.61. The lowest BCUT2D eigenvalue weighted by atomic mass is 10.0. The molecule has 21 heavy (non-hydrogen) atoms. The molecule has 7 heteroatoms. The molecule has 0 aromatic heterocycles. The van der Waals surface area contributed by atoms with Crippen molar-refractivity contribution in [3.63, 3.8) is 0 Å². The van der Waals surface area contributed by atoms with Crippen molar-refractivity contribution >= 4 is 13.5 Å². The zero-order valence-electron chi connectivity index (χ0n) is 12.8. The van der Waals surface area contributed by atoms with Crippen molar-refractivity contribution in [2.75, 3.05) is 26.4 Å². The van der Waals surface area contributed by atoms with Gasteiger partial charge in [0.15, 0.2) is 0 Å². The van der Waals surface area contributed by atoms with Crippen LogP contribution in [0, 0.1) is 11.8 Å². The van der Waals surface area contributed by atoms with E-state index >= 15 is 0 Å². The number of carbonyl (C=O) groups is 1. The van der Waals surface area contributed by atoms with Crippen molar-refractivity contribution in [1.82, 2.24) is 5.32 Å². The molecule has 2 N–H and O–H groups in total. The summed E-state index contributed by atoms with van der Waals surface area (Å²) in [4.78, 5) is 22.7. The molecule has 1 aliphatic rings. The molecule has 6 nitrogen and oxygen atoms in total. The highest BCUT2D eigenvalue weighted by molar-refractivity contribution is 7.50. The van der Waals surface area contributed by atoms with Gasteiger partial charge in [-0.2, -0.15) is 0 Å². The highest BCUT2D eigenvalue weighted by Gasteiger charge is 2.21. The Kier molecular flexibility index (Phi) is 8.49. The number of nitrogens with one attached hydrogen (secondary N) is 1. The number of carbonyl (C=O) groups excluding carboxylic acids is 1. The number of amides is 1. The zero-order valence-corrected chi connectivity index (χ0v) is 13.6. The zero-order chi connectivity index (χ0) is 15.7. The van der Waals surface area contributed by atoms with Crippen LogP contribution in [0.5, 0.6) is 0 Å². The predicted molar refractivity (Wildman–Crippen MR) is 78.9 cm³/mol. The molecular formula is C14H27NO5P-. The lowest BCUT2D eigenvalue weighted by Gasteiger charge is -2.21. The number of rotatable bonds is 10. The van der Waals surface area contributed by atoms with E-state index in [4.69, 9.17) is 9.63 Å². The molecule has 0 aromatic carbocycles. The van der Waals surface area contributed by atoms with Crippen LogP contribution >= 0.6 is 7.60 Å². The van der Waals surface area contributed by atoms with Gasteiger partial charge in [0.2, 0.25) is 5.91 Å². The van der Waals surface area contributed by atoms with E-state index in [1.165, 1.54) is 0 Å². The van der Waals surface area contributed by atoms with Gasteiger partial charge in [0, 0.05) is 31.7 Å². The quantitative estimate of drug-likeness (QED) is 0.466. The van der Waals surface area contributed by atoms with Gasteiger partial charge in [-0.15, -0.1) is 0 Å². The molecule has 0 bridgehead atoms. The average Bonchev–Trinajstić information content (AvgIpc) is 2.94. The maximum Gasteiger partial charge on any atom is 0.223 e. The van der Waals surface area contributed by atoms with E-state index in [2.05, 4.69) is 5.32 Å². The molecule has 0 radical (unpaired) electrons. The maximum atomic E-state index is 11.8. The fraction of sp³-hybridized carbons (Fsp3) is 0.929. The Morgan fingerprint density at radius 1 is 1.43 bits per heavy atom. The van der Waals surface area contributed by atoms with Crippen LogP contribution in [0.15, 0.2) is 0 Å². The fourth-order valence-electron chi connectivity index (χ4n) is 2.57. The Labute approximate surface area is 126 Å². The van der Waals surface area contributed by atoms with Gasteiger partial charge >= 0.3 is 0 Å². The molecular weight excluding hydrogens is 293 g/mol. The summed E-state index contributed by atoms with van der Waals surface area (Å²) < 4.78 is 15.6. The summed E-state index contributed by atoms with van der Waals surface area (Å²) >= 11 is 0. The van der Waals surface area contributed by atoms with Gasteiger partial charge < -0.3 is 24.4 Å². The topological polar surface area (TPSA) is 98.7 Å². The average molecular weight is 320 g/mol. The first-order chi connectivity index (χ1) is 9.92. The highest BCUT2D eigenvalue weighted by Crippen LogP contribution is 2.32. The van der Waals surface area contributed by atoms with Gasteiger partial charge in [-0.05, 0) is 25.7 Å². The third kappa shape index (κ3) is 8.57. The smallest absolute Gasteiger partial charge is 0.223 e. The van der Waals surface area contributed by atoms with Gasteiger partial charge in [-0.25, -0.2) is 0 Å². The predicted octanol–water partition coefficient (Wildman–Crippen LogP) is 1.27. The first kappa shape index (κ1) is 18.6. The number of aliphatic hydroxyl groups excluding tert-OH is 1. The third-order valence-electron chi connectivity index (χ3n) is 3.87. The summed E-state index contributed by atoms with van der Waals surface area (Å²) in [5, 5.41) is 12.1. The SMILES string of the molecule is CP(=O)([O-])OCC(CO)CCCCNC(=O)C1CCCC1. The van der Waals surface area contributed by atoms with Crippen LogP contribution < -0.4 is 10.2 Å². The molecule has 0 spiro atoms. The Hall–Kier alpha value is -0.420. The van der Waals surface area contributed by atoms with Crippen LogP contribution in [-0.2, 0) is 13.9 Å². The largest absolute Gasteiger partial charge is 0.779 e. The van der Waals surface area contributed by atoms with Crippen LogP contribution in [0.25, 0.3) is 0 Å². The Morgan fingerprint density at radius 3 is 2.67 bits per heavy atom. The van der Waals surface area contributed by atoms with E-state index in [1.54, 1.807) is 0 Å². The number of unbranched alkanes of at least 4 members (excludes halogenated alkanes) is 1. The molecule has 2 unspecified atom stereocenters. The summed E-state index contributed by atoms with van der Waals surface area (Å²) in [5.41, 5.74) is 0. The Morgan fingerprint density at radius 2 is 2.10 bits per heavy atom. The van der Waals surface area contributed by atoms with Crippen LogP contribution in [0.3, 0.4) is 0 Å². The molecule has 0 heterocycles. The summed E-state index contributed by atoms with van der Waals surface area (Å²) in [6.07, 6.45) is 6.65. The van der Waals surface area contributed by atoms with Crippen molar-refractivity contribution in [3.8, 4) is 0 Å². The van der Waals surface area contributed by atoms with Gasteiger partial charge in [-0.1, -0.05) is 19.3 Å². The molecule has 0 aliphatic heterocycles. The van der Waals surface area contributed by atoms with Gasteiger partial charge in [0.05, 0.1) is 6.61 Å². The van der Waals surface area contributed by atoms with Crippen molar-refractivity contribution in [2.45, 2.75) is 44.9 Å². The van der Waals surface area contributed by atoms with E-state index in [0.29, 0.717) is 13.0 Å². The fourth-order valence-corrected chi connectivity index (χ4v) is 3.05. The molecule has 1 saturated carbocycles. The second-order valence-electron chi connectivity index (χ2n) is 5.88. The molecule has 1 rings (SSSR count). The minimum atomic E-state index is -3.72. The first-order valence-electron chi connectivity index (χ1n) is 7.74. The van der Waals surface area contributed by atoms with E-state index in [9.17, 15) is 14.3 Å². The summed E-state index contributed by atoms with van der Waals surface area (Å²) in [6, 6.07) is 0. The minimum absolute atomic E-state index is 0.0300. The minimum Gasteiger partial charge on any atom is -0.779 e. The van der Waals surface area contributed by atoms with E-state index < -0.39 is 7.60 Å². The number of hydrogen-bond donors (Lipinski definition) is 2. The second-order valence-corrected chi connectivity index (χ2v) is 7.68. The highest BCUT2D eigenvalue weighted by atomic mass is 31.2. The third-order valence-corrected chi connectivity index (χ3v) is 4.49. The molecule has 0 saturated heterocycles. The standard InChI is InChI=1S/C14H28NO5P/c1-21(18,19)20-11-12(10-16)6-4-5-9-15-14(17)13-7-2-3-8-13/h12-13,16H,2-11H2,1H3,(H,15,17)(H,18,19)/p-1. The lowest BCUT2D eigenvalue weighted by molar-refractivity contribution is -0.197. The van der Waals surface area contributed by atoms with E-state index in [0.717, 1.165) is 45.2 Å². The van der Waals surface area contributed by atoms with Crippen molar-refractivity contribution in [2.24, 2.45) is 11.8 Å². The van der Waals surface area contributed by atoms with Crippen LogP contribution in [-0.4, -0.2) is 37.4 Å². The lowest BCUT2D eigenvalue weighted by Crippen LogP contribution is -2.30. The van der Waals surface area contributed by atoms with Gasteiger partial charge in [-0.3, -0.25) is 4.79 Å². The van der Waals surface area contributed by atoms with Crippen molar-refractivity contribution in [3.05, 3.63) is 0 Å². The van der Waals surface area contributed by atoms with Crippen LogP contribution in [0.4, 0.5) is 0 Å². The molecule has 2 atom stereocenters. The molecule has 1 aliphatic carbocycles. The molecule has 1 amide bonds. The molecule has 124 valence electrons. The monoisotopic (exact) mass is 320 g/mol. The van der Waals surface area contributed by atoms with E-state index in [-0.39, 0.29) is 31.0 Å². The Bertz CT molecular complexity index is 351. The summed E-state index contributed by atoms with van der Waals surface area (Å²) in [7, 11) is -3.72. The molecule has 1 fully saturated rings. The van der Waals surface area contributed by atoms with Gasteiger partial charge in [0.25, 0.3) is 0 Å². The maximum absolute atomic E-state index is 11.8. The van der Waals surface area contributed by atoms with Crippen molar-refractivity contribution < 1.29 is 23.9 Å². The number of aliphatic hydroxyl groups is 1. The van der Waals surface area contributed by atoms with Crippen LogP contribution in [0.1, 0.15) is 44.9 Å². The first-order valence-corrected chi connectivity index (χ1v) is 9.73. The molecule has 0 aromatic rings. The number of hydrogen-bond acceptors (Lipinski definition) is 5. The second kappa shape index (κ2) is 9.57. The van der Waals surface area contributed by atoms with Crippen molar-refractivity contribution in [1.29, 1.82) is 0 Å². The van der Waals surface area contributed by atoms with Crippen LogP contribution in [0.2, 0.25) is 0 Å². The Balaban J connectivity index is 2.06.